The summed E-state index contributed by atoms with van der Waals surface area (Å²) in [7, 11) is 0. The van der Waals surface area contributed by atoms with Gasteiger partial charge >= 0.3 is 6.03 Å². The summed E-state index contributed by atoms with van der Waals surface area (Å²) in [6.07, 6.45) is 1.51. The minimum absolute atomic E-state index is 0.00354. The quantitative estimate of drug-likeness (QED) is 0.710. The molecule has 32 heavy (non-hydrogen) atoms. The van der Waals surface area contributed by atoms with Gasteiger partial charge in [0, 0.05) is 44.5 Å². The number of para-hydroxylation sites is 1. The predicted octanol–water partition coefficient (Wildman–Crippen LogP) is 4.25. The van der Waals surface area contributed by atoms with Crippen LogP contribution in [0.4, 0.5) is 16.2 Å². The Labute approximate surface area is 189 Å². The van der Waals surface area contributed by atoms with E-state index in [4.69, 9.17) is 0 Å². The number of hydrogen-bond donors (Lipinski definition) is 2. The number of rotatable bonds is 6. The highest BCUT2D eigenvalue weighted by Gasteiger charge is 2.29. The summed E-state index contributed by atoms with van der Waals surface area (Å²) in [5.74, 6) is -0.386. The maximum absolute atomic E-state index is 13.0. The van der Waals surface area contributed by atoms with Gasteiger partial charge in [-0.2, -0.15) is 0 Å². The average Bonchev–Trinajstić information content (AvgIpc) is 2.78. The van der Waals surface area contributed by atoms with Crippen molar-refractivity contribution in [2.24, 2.45) is 5.92 Å². The molecule has 1 aliphatic rings. The average molecular weight is 437 g/mol. The third-order valence-electron chi connectivity index (χ3n) is 5.81. The van der Waals surface area contributed by atoms with Crippen molar-refractivity contribution in [3.8, 4) is 0 Å². The van der Waals surface area contributed by atoms with Gasteiger partial charge in [0.05, 0.1) is 5.92 Å². The van der Waals surface area contributed by atoms with Gasteiger partial charge in [0.15, 0.2) is 0 Å². The van der Waals surface area contributed by atoms with E-state index in [-0.39, 0.29) is 23.8 Å². The third-order valence-corrected chi connectivity index (χ3v) is 5.81. The van der Waals surface area contributed by atoms with Gasteiger partial charge in [0.25, 0.3) is 0 Å². The molecule has 1 aliphatic heterocycles. The van der Waals surface area contributed by atoms with Crippen LogP contribution >= 0.6 is 0 Å². The van der Waals surface area contributed by atoms with E-state index in [1.165, 1.54) is 0 Å². The molecular formula is C25H32N4O3. The molecule has 0 bridgehead atoms. The van der Waals surface area contributed by atoms with Crippen LogP contribution in [-0.4, -0.2) is 47.3 Å². The van der Waals surface area contributed by atoms with Crippen LogP contribution in [0.3, 0.4) is 0 Å². The first kappa shape index (κ1) is 23.3. The largest absolute Gasteiger partial charge is 0.339 e. The number of likely N-dealkylation sites (tertiary alicyclic amines) is 1. The van der Waals surface area contributed by atoms with Gasteiger partial charge in [-0.1, -0.05) is 30.3 Å². The molecule has 7 heteroatoms. The van der Waals surface area contributed by atoms with Crippen molar-refractivity contribution < 1.29 is 14.4 Å². The Bertz CT molecular complexity index is 975. The minimum atomic E-state index is -0.282. The maximum atomic E-state index is 13.0. The second-order valence-electron chi connectivity index (χ2n) is 8.26. The Morgan fingerprint density at radius 3 is 2.59 bits per heavy atom. The lowest BCUT2D eigenvalue weighted by atomic mass is 9.97. The van der Waals surface area contributed by atoms with E-state index in [2.05, 4.69) is 10.6 Å². The zero-order chi connectivity index (χ0) is 23.1. The van der Waals surface area contributed by atoms with Crippen molar-refractivity contribution in [3.05, 3.63) is 59.7 Å². The van der Waals surface area contributed by atoms with Crippen LogP contribution in [0.2, 0.25) is 0 Å². The summed E-state index contributed by atoms with van der Waals surface area (Å²) in [6.45, 7) is 7.50. The van der Waals surface area contributed by atoms with Gasteiger partial charge in [-0.05, 0) is 56.0 Å². The van der Waals surface area contributed by atoms with E-state index in [9.17, 15) is 14.4 Å². The number of carbonyl (C=O) groups is 3. The Balaban J connectivity index is 1.63. The first-order valence-corrected chi connectivity index (χ1v) is 11.1. The molecule has 0 saturated carbocycles. The summed E-state index contributed by atoms with van der Waals surface area (Å²) in [4.78, 5) is 41.0. The van der Waals surface area contributed by atoms with Gasteiger partial charge in [0.1, 0.15) is 0 Å². The molecule has 0 radical (unpaired) electrons. The Morgan fingerprint density at radius 1 is 1.09 bits per heavy atom. The maximum Gasteiger partial charge on any atom is 0.321 e. The van der Waals surface area contributed by atoms with Crippen LogP contribution in [-0.2, 0) is 16.1 Å². The molecule has 4 amide bonds. The molecule has 2 aromatic carbocycles. The second-order valence-corrected chi connectivity index (χ2v) is 8.26. The van der Waals surface area contributed by atoms with Crippen LogP contribution in [0, 0.1) is 12.8 Å². The lowest BCUT2D eigenvalue weighted by Crippen LogP contribution is -2.45. The number of amides is 4. The monoisotopic (exact) mass is 436 g/mol. The summed E-state index contributed by atoms with van der Waals surface area (Å²) >= 11 is 0. The lowest BCUT2D eigenvalue weighted by Gasteiger charge is -2.32. The SMILES string of the molecule is CCN(Cc1ccccc1NC(=O)C1CCCN(C(=O)Nc2cccc(C)c2)C1)C(C)=O. The Hall–Kier alpha value is -3.35. The molecule has 1 fully saturated rings. The molecule has 0 aromatic heterocycles. The van der Waals surface area contributed by atoms with Gasteiger partial charge in [-0.25, -0.2) is 4.79 Å². The standard InChI is InChI=1S/C25H32N4O3/c1-4-28(19(3)30)16-20-10-5-6-13-23(20)27-24(31)21-11-8-14-29(17-21)25(32)26-22-12-7-9-18(2)15-22/h5-7,9-10,12-13,15,21H,4,8,11,14,16-17H2,1-3H3,(H,26,32)(H,27,31). The third kappa shape index (κ3) is 6.09. The molecule has 0 aliphatic carbocycles. The number of urea groups is 1. The summed E-state index contributed by atoms with van der Waals surface area (Å²) in [6, 6.07) is 15.0. The van der Waals surface area contributed by atoms with Crippen molar-refractivity contribution in [2.45, 2.75) is 40.2 Å². The van der Waals surface area contributed by atoms with E-state index in [0.29, 0.717) is 31.9 Å². The fraction of sp³-hybridized carbons (Fsp3) is 0.400. The summed E-state index contributed by atoms with van der Waals surface area (Å²) in [5.41, 5.74) is 3.42. The van der Waals surface area contributed by atoms with Crippen LogP contribution in [0.25, 0.3) is 0 Å². The van der Waals surface area contributed by atoms with E-state index in [0.717, 1.165) is 29.7 Å². The fourth-order valence-electron chi connectivity index (χ4n) is 3.97. The van der Waals surface area contributed by atoms with E-state index in [1.54, 1.807) is 16.7 Å². The van der Waals surface area contributed by atoms with Crippen molar-refractivity contribution in [1.29, 1.82) is 0 Å². The first-order chi connectivity index (χ1) is 15.4. The number of anilines is 2. The summed E-state index contributed by atoms with van der Waals surface area (Å²) in [5, 5.41) is 5.96. The van der Waals surface area contributed by atoms with Crippen molar-refractivity contribution in [2.75, 3.05) is 30.3 Å². The number of benzene rings is 2. The van der Waals surface area contributed by atoms with E-state index < -0.39 is 0 Å². The van der Waals surface area contributed by atoms with Gasteiger partial charge in [0.2, 0.25) is 11.8 Å². The molecule has 0 spiro atoms. The van der Waals surface area contributed by atoms with Gasteiger partial charge < -0.3 is 20.4 Å². The molecule has 1 unspecified atom stereocenters. The van der Waals surface area contributed by atoms with Crippen molar-refractivity contribution >= 4 is 29.2 Å². The molecule has 1 heterocycles. The number of piperidine rings is 1. The van der Waals surface area contributed by atoms with Gasteiger partial charge in [-0.3, -0.25) is 9.59 Å². The molecule has 1 saturated heterocycles. The molecule has 1 atom stereocenters. The summed E-state index contributed by atoms with van der Waals surface area (Å²) < 4.78 is 0. The number of carbonyl (C=O) groups excluding carboxylic acids is 3. The Morgan fingerprint density at radius 2 is 1.88 bits per heavy atom. The molecule has 2 N–H and O–H groups in total. The molecule has 3 rings (SSSR count). The van der Waals surface area contributed by atoms with E-state index >= 15 is 0 Å². The second kappa shape index (κ2) is 10.8. The zero-order valence-electron chi connectivity index (χ0n) is 19.1. The number of nitrogens with zero attached hydrogens (tertiary/aromatic N) is 2. The van der Waals surface area contributed by atoms with Crippen LogP contribution in [0.15, 0.2) is 48.5 Å². The first-order valence-electron chi connectivity index (χ1n) is 11.1. The molecule has 7 nitrogen and oxygen atoms in total. The minimum Gasteiger partial charge on any atom is -0.339 e. The van der Waals surface area contributed by atoms with Crippen LogP contribution in [0.1, 0.15) is 37.8 Å². The van der Waals surface area contributed by atoms with Crippen LogP contribution in [0.5, 0.6) is 0 Å². The topological polar surface area (TPSA) is 81.8 Å². The number of hydrogen-bond acceptors (Lipinski definition) is 3. The van der Waals surface area contributed by atoms with Gasteiger partial charge in [-0.15, -0.1) is 0 Å². The van der Waals surface area contributed by atoms with E-state index in [1.807, 2.05) is 62.4 Å². The smallest absolute Gasteiger partial charge is 0.321 e. The predicted molar refractivity (Wildman–Crippen MR) is 126 cm³/mol. The zero-order valence-corrected chi connectivity index (χ0v) is 19.1. The number of nitrogens with one attached hydrogen (secondary N) is 2. The van der Waals surface area contributed by atoms with Crippen molar-refractivity contribution in [1.82, 2.24) is 9.80 Å². The molecular weight excluding hydrogens is 404 g/mol. The highest BCUT2D eigenvalue weighted by Crippen LogP contribution is 2.23. The molecule has 2 aromatic rings. The Kier molecular flexibility index (Phi) is 7.87. The number of aryl methyl sites for hydroxylation is 1. The highest BCUT2D eigenvalue weighted by atomic mass is 16.2. The normalized spacial score (nSPS) is 15.7. The molecule has 170 valence electrons. The fourth-order valence-corrected chi connectivity index (χ4v) is 3.97. The lowest BCUT2D eigenvalue weighted by molar-refractivity contribution is -0.129. The highest BCUT2D eigenvalue weighted by molar-refractivity contribution is 5.95. The van der Waals surface area contributed by atoms with Crippen LogP contribution < -0.4 is 10.6 Å². The van der Waals surface area contributed by atoms with Crippen molar-refractivity contribution in [3.63, 3.8) is 0 Å².